The van der Waals surface area contributed by atoms with Crippen LogP contribution in [0.1, 0.15) is 16.8 Å². The van der Waals surface area contributed by atoms with Gasteiger partial charge in [-0.15, -0.1) is 5.10 Å². The number of nitrogens with zero attached hydrogens (tertiary/aromatic N) is 3. The van der Waals surface area contributed by atoms with Crippen LogP contribution in [-0.2, 0) is 6.42 Å². The van der Waals surface area contributed by atoms with Crippen LogP contribution >= 0.6 is 15.9 Å². The van der Waals surface area contributed by atoms with Gasteiger partial charge in [0.25, 0.3) is 0 Å². The van der Waals surface area contributed by atoms with Crippen molar-refractivity contribution < 1.29 is 0 Å². The first kappa shape index (κ1) is 12.3. The van der Waals surface area contributed by atoms with E-state index in [-0.39, 0.29) is 0 Å². The number of halogens is 1. The van der Waals surface area contributed by atoms with Gasteiger partial charge in [0.1, 0.15) is 0 Å². The second-order valence-electron chi connectivity index (χ2n) is 4.11. The molecule has 2 N–H and O–H groups in total. The Labute approximate surface area is 109 Å². The summed E-state index contributed by atoms with van der Waals surface area (Å²) in [5, 5.41) is 8.24. The first-order valence-corrected chi connectivity index (χ1v) is 6.29. The first-order valence-electron chi connectivity index (χ1n) is 5.50. The first-order chi connectivity index (χ1) is 8.11. The zero-order valence-electron chi connectivity index (χ0n) is 9.94. The van der Waals surface area contributed by atoms with Crippen molar-refractivity contribution in [1.82, 2.24) is 15.0 Å². The summed E-state index contributed by atoms with van der Waals surface area (Å²) in [5.41, 5.74) is 9.84. The quantitative estimate of drug-likeness (QED) is 0.944. The van der Waals surface area contributed by atoms with Crippen molar-refractivity contribution in [3.05, 3.63) is 39.6 Å². The van der Waals surface area contributed by atoms with E-state index in [1.165, 1.54) is 11.1 Å². The molecule has 0 spiro atoms. The highest BCUT2D eigenvalue weighted by atomic mass is 79.9. The molecule has 0 aliphatic heterocycles. The van der Waals surface area contributed by atoms with Gasteiger partial charge in [-0.25, -0.2) is 4.68 Å². The minimum absolute atomic E-state index is 0.590. The molecule has 17 heavy (non-hydrogen) atoms. The summed E-state index contributed by atoms with van der Waals surface area (Å²) >= 11 is 3.57. The minimum Gasteiger partial charge on any atom is -0.330 e. The zero-order chi connectivity index (χ0) is 12.4. The molecule has 0 saturated heterocycles. The number of rotatable bonds is 3. The van der Waals surface area contributed by atoms with E-state index < -0.39 is 0 Å². The Kier molecular flexibility index (Phi) is 3.59. The summed E-state index contributed by atoms with van der Waals surface area (Å²) in [5.74, 6) is 0. The Balaban J connectivity index is 2.45. The van der Waals surface area contributed by atoms with Gasteiger partial charge in [0.15, 0.2) is 0 Å². The smallest absolute Gasteiger partial charge is 0.0844 e. The molecule has 5 heteroatoms. The average Bonchev–Trinajstić information content (AvgIpc) is 2.65. The fourth-order valence-corrected chi connectivity index (χ4v) is 2.72. The molecule has 0 fully saturated rings. The second kappa shape index (κ2) is 4.98. The summed E-state index contributed by atoms with van der Waals surface area (Å²) in [6.07, 6.45) is 2.68. The Morgan fingerprint density at radius 2 is 2.12 bits per heavy atom. The van der Waals surface area contributed by atoms with E-state index >= 15 is 0 Å². The molecule has 0 atom stereocenters. The van der Waals surface area contributed by atoms with E-state index in [1.807, 2.05) is 6.20 Å². The van der Waals surface area contributed by atoms with Crippen molar-refractivity contribution in [2.24, 2.45) is 5.73 Å². The number of aromatic nitrogens is 3. The third kappa shape index (κ3) is 2.56. The Morgan fingerprint density at radius 3 is 2.76 bits per heavy atom. The molecule has 2 aromatic rings. The molecular weight excluding hydrogens is 280 g/mol. The van der Waals surface area contributed by atoms with Crippen LogP contribution in [0.15, 0.2) is 22.8 Å². The second-order valence-corrected chi connectivity index (χ2v) is 4.96. The number of aryl methyl sites for hydroxylation is 2. The van der Waals surface area contributed by atoms with Crippen molar-refractivity contribution in [1.29, 1.82) is 0 Å². The monoisotopic (exact) mass is 294 g/mol. The fourth-order valence-electron chi connectivity index (χ4n) is 1.87. The number of hydrogen-bond acceptors (Lipinski definition) is 3. The van der Waals surface area contributed by atoms with Crippen LogP contribution in [0.3, 0.4) is 0 Å². The number of nitrogens with two attached hydrogens (primary N) is 1. The predicted octanol–water partition coefficient (Wildman–Crippen LogP) is 2.15. The van der Waals surface area contributed by atoms with Crippen molar-refractivity contribution in [2.75, 3.05) is 6.54 Å². The van der Waals surface area contributed by atoms with Crippen molar-refractivity contribution in [3.8, 4) is 5.69 Å². The van der Waals surface area contributed by atoms with E-state index in [4.69, 9.17) is 5.73 Å². The molecule has 0 aliphatic carbocycles. The van der Waals surface area contributed by atoms with Crippen molar-refractivity contribution in [3.63, 3.8) is 0 Å². The molecule has 0 aliphatic rings. The lowest BCUT2D eigenvalue weighted by Gasteiger charge is -2.08. The van der Waals surface area contributed by atoms with Gasteiger partial charge in [0.05, 0.1) is 17.6 Å². The summed E-state index contributed by atoms with van der Waals surface area (Å²) < 4.78 is 2.82. The molecule has 90 valence electrons. The summed E-state index contributed by atoms with van der Waals surface area (Å²) in [7, 11) is 0. The van der Waals surface area contributed by atoms with E-state index in [1.54, 1.807) is 4.68 Å². The van der Waals surface area contributed by atoms with Gasteiger partial charge in [-0.05, 0) is 53.5 Å². The Bertz CT molecular complexity index is 510. The number of hydrogen-bond donors (Lipinski definition) is 1. The summed E-state index contributed by atoms with van der Waals surface area (Å²) in [6.45, 7) is 4.73. The molecule has 1 heterocycles. The molecule has 0 bridgehead atoms. The molecule has 4 nitrogen and oxygen atoms in total. The maximum atomic E-state index is 5.50. The van der Waals surface area contributed by atoms with Crippen molar-refractivity contribution >= 4 is 15.9 Å². The fraction of sp³-hybridized carbons (Fsp3) is 0.333. The Hall–Kier alpha value is -1.20. The van der Waals surface area contributed by atoms with Crippen LogP contribution in [-0.4, -0.2) is 21.5 Å². The van der Waals surface area contributed by atoms with E-state index in [2.05, 4.69) is 52.2 Å². The van der Waals surface area contributed by atoms with Crippen LogP contribution in [0.25, 0.3) is 5.69 Å². The van der Waals surface area contributed by atoms with Crippen LogP contribution < -0.4 is 5.73 Å². The van der Waals surface area contributed by atoms with Gasteiger partial charge >= 0.3 is 0 Å². The maximum absolute atomic E-state index is 5.50. The number of benzene rings is 1. The molecule has 0 radical (unpaired) electrons. The molecule has 0 unspecified atom stereocenters. The molecule has 0 amide bonds. The lowest BCUT2D eigenvalue weighted by molar-refractivity contribution is 0.788. The third-order valence-corrected chi connectivity index (χ3v) is 3.17. The minimum atomic E-state index is 0.590. The largest absolute Gasteiger partial charge is 0.330 e. The lowest BCUT2D eigenvalue weighted by atomic mass is 10.1. The van der Waals surface area contributed by atoms with Crippen molar-refractivity contribution in [2.45, 2.75) is 20.3 Å². The predicted molar refractivity (Wildman–Crippen MR) is 71.3 cm³/mol. The summed E-state index contributed by atoms with van der Waals surface area (Å²) in [4.78, 5) is 0. The van der Waals surface area contributed by atoms with Gasteiger partial charge in [-0.1, -0.05) is 11.3 Å². The van der Waals surface area contributed by atoms with Gasteiger partial charge in [-0.3, -0.25) is 0 Å². The Morgan fingerprint density at radius 1 is 1.35 bits per heavy atom. The van der Waals surface area contributed by atoms with E-state index in [0.717, 1.165) is 22.3 Å². The van der Waals surface area contributed by atoms with Crippen LogP contribution in [0.4, 0.5) is 0 Å². The summed E-state index contributed by atoms with van der Waals surface area (Å²) in [6, 6.07) is 4.21. The van der Waals surface area contributed by atoms with Crippen LogP contribution in [0.2, 0.25) is 0 Å². The SMILES string of the molecule is Cc1cc(C)c(-n2cc(CCN)nn2)c(Br)c1. The highest BCUT2D eigenvalue weighted by molar-refractivity contribution is 9.10. The van der Waals surface area contributed by atoms with Gasteiger partial charge in [0, 0.05) is 10.9 Å². The maximum Gasteiger partial charge on any atom is 0.0844 e. The topological polar surface area (TPSA) is 56.7 Å². The zero-order valence-corrected chi connectivity index (χ0v) is 11.5. The molecular formula is C12H15BrN4. The lowest BCUT2D eigenvalue weighted by Crippen LogP contribution is -2.02. The van der Waals surface area contributed by atoms with Crippen LogP contribution in [0.5, 0.6) is 0 Å². The highest BCUT2D eigenvalue weighted by Gasteiger charge is 2.09. The molecule has 1 aromatic carbocycles. The normalized spacial score (nSPS) is 10.8. The molecule has 1 aromatic heterocycles. The highest BCUT2D eigenvalue weighted by Crippen LogP contribution is 2.25. The third-order valence-electron chi connectivity index (χ3n) is 2.57. The van der Waals surface area contributed by atoms with Gasteiger partial charge < -0.3 is 5.73 Å². The van der Waals surface area contributed by atoms with Gasteiger partial charge in [0.2, 0.25) is 0 Å². The molecule has 2 rings (SSSR count). The van der Waals surface area contributed by atoms with E-state index in [0.29, 0.717) is 6.54 Å². The molecule has 0 saturated carbocycles. The van der Waals surface area contributed by atoms with Gasteiger partial charge in [-0.2, -0.15) is 0 Å². The average molecular weight is 295 g/mol. The standard InChI is InChI=1S/C12H15BrN4/c1-8-5-9(2)12(11(13)6-8)17-7-10(3-4-14)15-16-17/h5-7H,3-4,14H2,1-2H3. The van der Waals surface area contributed by atoms with E-state index in [9.17, 15) is 0 Å². The van der Waals surface area contributed by atoms with Crippen LogP contribution in [0, 0.1) is 13.8 Å².